The van der Waals surface area contributed by atoms with Crippen LogP contribution >= 0.6 is 42.4 Å². The zero-order valence-electron chi connectivity index (χ0n) is 20.3. The molecule has 0 aliphatic carbocycles. The molecule has 188 valence electrons. The first-order valence-electron chi connectivity index (χ1n) is 11.9. The predicted molar refractivity (Wildman–Crippen MR) is 170 cm³/mol. The number of nitrogens with zero attached hydrogens (tertiary/aromatic N) is 2. The summed E-state index contributed by atoms with van der Waals surface area (Å²) in [4.78, 5) is 4.62. The van der Waals surface area contributed by atoms with Gasteiger partial charge in [-0.2, -0.15) is 0 Å². The van der Waals surface area contributed by atoms with Crippen LogP contribution in [0.15, 0.2) is 121 Å². The average Bonchev–Trinajstić information content (AvgIpc) is 2.94. The quantitative estimate of drug-likeness (QED) is 0.124. The molecule has 0 bridgehead atoms. The van der Waals surface area contributed by atoms with Crippen LogP contribution in [0.1, 0.15) is 22.3 Å². The van der Waals surface area contributed by atoms with Gasteiger partial charge in [0.2, 0.25) is 0 Å². The summed E-state index contributed by atoms with van der Waals surface area (Å²) in [6, 6.07) is 42.2. The molecule has 0 aromatic heterocycles. The van der Waals surface area contributed by atoms with Gasteiger partial charge in [-0.05, 0) is 0 Å². The number of thiocarbonyl (C=S) groups is 2. The molecule has 0 aliphatic heterocycles. The Kier molecular flexibility index (Phi) is 11.8. The summed E-state index contributed by atoms with van der Waals surface area (Å²) in [6.07, 6.45) is 0. The molecule has 2 nitrogen and oxygen atoms in total. The van der Waals surface area contributed by atoms with Crippen molar-refractivity contribution >= 4 is 69.2 Å². The zero-order valence-corrected chi connectivity index (χ0v) is 25.9. The number of benzene rings is 4. The molecular formula is C30H28N2S4Te. The van der Waals surface area contributed by atoms with Crippen molar-refractivity contribution in [1.82, 2.24) is 9.80 Å². The zero-order chi connectivity index (χ0) is 25.7. The van der Waals surface area contributed by atoms with Crippen molar-refractivity contribution in [2.24, 2.45) is 0 Å². The van der Waals surface area contributed by atoms with Gasteiger partial charge in [-0.1, -0.05) is 0 Å². The number of hydrogen-bond donors (Lipinski definition) is 0. The molecule has 4 rings (SSSR count). The predicted octanol–water partition coefficient (Wildman–Crippen LogP) is 7.96. The SMILES string of the molecule is S=C(S[Te]SC(=S)N(Cc1ccccc1)Cc1ccccc1)N(Cc1ccccc1)Cc1ccccc1. The molecule has 37 heavy (non-hydrogen) atoms. The number of rotatable bonds is 10. The summed E-state index contributed by atoms with van der Waals surface area (Å²) < 4.78 is 1.89. The summed E-state index contributed by atoms with van der Waals surface area (Å²) >= 11 is 11.3. The van der Waals surface area contributed by atoms with E-state index in [1.807, 2.05) is 18.0 Å². The molecule has 0 unspecified atom stereocenters. The van der Waals surface area contributed by atoms with Gasteiger partial charge in [-0.15, -0.1) is 0 Å². The van der Waals surface area contributed by atoms with Crippen molar-refractivity contribution in [2.45, 2.75) is 26.2 Å². The maximum absolute atomic E-state index is 5.95. The molecular weight excluding hydrogens is 644 g/mol. The first kappa shape index (κ1) is 28.2. The minimum atomic E-state index is -0.566. The van der Waals surface area contributed by atoms with Crippen molar-refractivity contribution < 1.29 is 0 Å². The molecule has 0 aliphatic rings. The van der Waals surface area contributed by atoms with Gasteiger partial charge < -0.3 is 0 Å². The van der Waals surface area contributed by atoms with Gasteiger partial charge in [-0.25, -0.2) is 0 Å². The second-order valence-electron chi connectivity index (χ2n) is 8.42. The topological polar surface area (TPSA) is 6.48 Å². The number of hydrogen-bond acceptors (Lipinski definition) is 4. The molecule has 0 spiro atoms. The van der Waals surface area contributed by atoms with Crippen LogP contribution in [0.3, 0.4) is 0 Å². The fourth-order valence-electron chi connectivity index (χ4n) is 3.77. The molecule has 4 aromatic carbocycles. The van der Waals surface area contributed by atoms with Crippen molar-refractivity contribution in [2.75, 3.05) is 0 Å². The molecule has 0 saturated carbocycles. The van der Waals surface area contributed by atoms with Gasteiger partial charge in [0.1, 0.15) is 0 Å². The van der Waals surface area contributed by atoms with E-state index in [9.17, 15) is 0 Å². The van der Waals surface area contributed by atoms with E-state index in [1.165, 1.54) is 22.3 Å². The second-order valence-corrected chi connectivity index (χ2v) is 17.7. The van der Waals surface area contributed by atoms with Crippen molar-refractivity contribution in [1.29, 1.82) is 0 Å². The van der Waals surface area contributed by atoms with Gasteiger partial charge >= 0.3 is 249 Å². The molecule has 0 heterocycles. The van der Waals surface area contributed by atoms with E-state index >= 15 is 0 Å². The Morgan fingerprint density at radius 1 is 0.459 bits per heavy atom. The van der Waals surface area contributed by atoms with Crippen LogP contribution in [-0.2, 0) is 26.2 Å². The first-order chi connectivity index (χ1) is 18.2. The van der Waals surface area contributed by atoms with Crippen LogP contribution in [0.5, 0.6) is 0 Å². The molecule has 0 saturated heterocycles. The van der Waals surface area contributed by atoms with Gasteiger partial charge in [0.15, 0.2) is 0 Å². The van der Waals surface area contributed by atoms with Crippen molar-refractivity contribution in [3.05, 3.63) is 144 Å². The third kappa shape index (κ3) is 9.76. The Labute approximate surface area is 246 Å². The van der Waals surface area contributed by atoms with E-state index in [4.69, 9.17) is 24.4 Å². The maximum atomic E-state index is 5.95. The van der Waals surface area contributed by atoms with E-state index in [2.05, 4.69) is 131 Å². The van der Waals surface area contributed by atoms with Crippen LogP contribution in [0.2, 0.25) is 0 Å². The van der Waals surface area contributed by atoms with Crippen LogP contribution in [0.25, 0.3) is 0 Å². The van der Waals surface area contributed by atoms with Gasteiger partial charge in [-0.3, -0.25) is 0 Å². The molecule has 0 fully saturated rings. The van der Waals surface area contributed by atoms with Gasteiger partial charge in [0.25, 0.3) is 0 Å². The van der Waals surface area contributed by atoms with E-state index in [-0.39, 0.29) is 0 Å². The van der Waals surface area contributed by atoms with Crippen LogP contribution in [0.4, 0.5) is 0 Å². The molecule has 0 N–H and O–H groups in total. The molecule has 0 radical (unpaired) electrons. The Hall–Kier alpha value is -1.85. The van der Waals surface area contributed by atoms with Crippen LogP contribution < -0.4 is 0 Å². The van der Waals surface area contributed by atoms with E-state index in [0.29, 0.717) is 0 Å². The summed E-state index contributed by atoms with van der Waals surface area (Å²) in [7, 11) is 3.64. The first-order valence-corrected chi connectivity index (χ1v) is 19.9. The van der Waals surface area contributed by atoms with E-state index in [0.717, 1.165) is 34.8 Å². The van der Waals surface area contributed by atoms with E-state index < -0.39 is 18.2 Å². The van der Waals surface area contributed by atoms with Crippen molar-refractivity contribution in [3.8, 4) is 0 Å². The Balaban J connectivity index is 1.38. The molecule has 4 aromatic rings. The van der Waals surface area contributed by atoms with Crippen molar-refractivity contribution in [3.63, 3.8) is 0 Å². The second kappa shape index (κ2) is 15.5. The average molecular weight is 672 g/mol. The van der Waals surface area contributed by atoms with Gasteiger partial charge in [0.05, 0.1) is 0 Å². The Morgan fingerprint density at radius 3 is 0.946 bits per heavy atom. The Morgan fingerprint density at radius 2 is 0.703 bits per heavy atom. The summed E-state index contributed by atoms with van der Waals surface area (Å²) in [5.74, 6) is 0. The minimum absolute atomic E-state index is 0.566. The third-order valence-electron chi connectivity index (χ3n) is 5.59. The fourth-order valence-corrected chi connectivity index (χ4v) is 14.1. The van der Waals surface area contributed by atoms with Gasteiger partial charge in [0, 0.05) is 0 Å². The molecule has 0 atom stereocenters. The summed E-state index contributed by atoms with van der Waals surface area (Å²) in [5.41, 5.74) is 5.06. The standard InChI is InChI=1S/C30H28N2S4Te/c33-29(31(21-25-13-5-1-6-14-25)22-26-15-7-2-8-16-26)35-37-36-30(34)32(23-27-17-9-3-10-18-27)24-28-19-11-4-12-20-28/h1-20H,21-24H2. The molecule has 0 amide bonds. The molecule has 7 heteroatoms. The fraction of sp³-hybridized carbons (Fsp3) is 0.133. The monoisotopic (exact) mass is 674 g/mol. The summed E-state index contributed by atoms with van der Waals surface area (Å²) in [5, 5.41) is 0. The Bertz CT molecular complexity index is 1060. The third-order valence-corrected chi connectivity index (χ3v) is 16.1. The van der Waals surface area contributed by atoms with Crippen LogP contribution in [0, 0.1) is 0 Å². The summed E-state index contributed by atoms with van der Waals surface area (Å²) in [6.45, 7) is 3.21. The normalized spacial score (nSPS) is 10.6. The van der Waals surface area contributed by atoms with E-state index in [1.54, 1.807) is 0 Å². The van der Waals surface area contributed by atoms with Crippen LogP contribution in [-0.4, -0.2) is 36.6 Å².